The average Bonchev–Trinajstić information content (AvgIpc) is 2.59. The number of aryl methyl sites for hydroxylation is 1. The van der Waals surface area contributed by atoms with E-state index in [4.69, 9.17) is 4.74 Å². The third-order valence-electron chi connectivity index (χ3n) is 2.04. The van der Waals surface area contributed by atoms with Gasteiger partial charge in [0.1, 0.15) is 0 Å². The molecular weight excluding hydrogens is 198 g/mol. The molecule has 0 aromatic carbocycles. The highest BCUT2D eigenvalue weighted by Crippen LogP contribution is 2.26. The van der Waals surface area contributed by atoms with Crippen LogP contribution >= 0.6 is 11.3 Å². The summed E-state index contributed by atoms with van der Waals surface area (Å²) in [6.45, 7) is 1.98. The molecule has 0 aliphatic rings. The third kappa shape index (κ3) is 1.28. The number of thiophene rings is 1. The molecule has 0 N–H and O–H groups in total. The Morgan fingerprint density at radius 1 is 1.57 bits per heavy atom. The molecule has 0 aliphatic heterocycles. The maximum Gasteiger partial charge on any atom is 0.339 e. The highest BCUT2D eigenvalue weighted by molar-refractivity contribution is 7.17. The second-order valence-electron chi connectivity index (χ2n) is 2.95. The van der Waals surface area contributed by atoms with E-state index in [0.29, 0.717) is 5.56 Å². The van der Waals surface area contributed by atoms with E-state index in [0.717, 1.165) is 15.8 Å². The largest absolute Gasteiger partial charge is 0.465 e. The van der Waals surface area contributed by atoms with E-state index in [1.807, 2.05) is 12.3 Å². The molecule has 2 aromatic heterocycles. The number of hydrogen-bond acceptors (Lipinski definition) is 4. The summed E-state index contributed by atoms with van der Waals surface area (Å²) in [5.74, 6) is -0.306. The number of methoxy groups -OCH3 is 1. The summed E-state index contributed by atoms with van der Waals surface area (Å²) in [5, 5.41) is 1.99. The van der Waals surface area contributed by atoms with Crippen LogP contribution in [0.25, 0.3) is 10.2 Å². The second kappa shape index (κ2) is 3.38. The smallest absolute Gasteiger partial charge is 0.339 e. The third-order valence-corrected chi connectivity index (χ3v) is 3.16. The van der Waals surface area contributed by atoms with Crippen molar-refractivity contribution in [3.63, 3.8) is 0 Å². The molecule has 14 heavy (non-hydrogen) atoms. The summed E-state index contributed by atoms with van der Waals surface area (Å²) in [6, 6.07) is 1.68. The summed E-state index contributed by atoms with van der Waals surface area (Å²) in [7, 11) is 1.38. The zero-order chi connectivity index (χ0) is 10.1. The van der Waals surface area contributed by atoms with Gasteiger partial charge < -0.3 is 4.74 Å². The van der Waals surface area contributed by atoms with Gasteiger partial charge in [0.2, 0.25) is 0 Å². The molecule has 0 saturated heterocycles. The number of esters is 1. The van der Waals surface area contributed by atoms with Crippen LogP contribution in [0.3, 0.4) is 0 Å². The highest BCUT2D eigenvalue weighted by Gasteiger charge is 2.12. The molecule has 3 nitrogen and oxygen atoms in total. The maximum atomic E-state index is 11.4. The molecule has 0 atom stereocenters. The van der Waals surface area contributed by atoms with Crippen LogP contribution in [0, 0.1) is 6.92 Å². The first-order valence-corrected chi connectivity index (χ1v) is 5.03. The molecule has 2 heterocycles. The van der Waals surface area contributed by atoms with Gasteiger partial charge in [-0.1, -0.05) is 0 Å². The standard InChI is InChI=1S/C10H9NO2S/c1-6-5-14-9-7(10(12)13-2)3-4-11-8(6)9/h3-5H,1-2H3. The van der Waals surface area contributed by atoms with Gasteiger partial charge in [-0.25, -0.2) is 4.79 Å². The van der Waals surface area contributed by atoms with Gasteiger partial charge in [-0.15, -0.1) is 11.3 Å². The number of hydrogen-bond donors (Lipinski definition) is 0. The quantitative estimate of drug-likeness (QED) is 0.674. The SMILES string of the molecule is COC(=O)c1ccnc2c(C)csc12. The fraction of sp³-hybridized carbons (Fsp3) is 0.200. The zero-order valence-electron chi connectivity index (χ0n) is 7.90. The van der Waals surface area contributed by atoms with Crippen LogP contribution in [0.1, 0.15) is 15.9 Å². The minimum absolute atomic E-state index is 0.306. The van der Waals surface area contributed by atoms with Gasteiger partial charge in [0.05, 0.1) is 22.9 Å². The molecule has 2 aromatic rings. The van der Waals surface area contributed by atoms with Gasteiger partial charge in [-0.2, -0.15) is 0 Å². The molecule has 0 amide bonds. The van der Waals surface area contributed by atoms with Gasteiger partial charge in [-0.3, -0.25) is 4.98 Å². The predicted octanol–water partition coefficient (Wildman–Crippen LogP) is 2.39. The Morgan fingerprint density at radius 3 is 3.07 bits per heavy atom. The van der Waals surface area contributed by atoms with E-state index in [1.165, 1.54) is 18.4 Å². The molecule has 4 heteroatoms. The molecular formula is C10H9NO2S. The second-order valence-corrected chi connectivity index (χ2v) is 3.83. The molecule has 0 radical (unpaired) electrons. The summed E-state index contributed by atoms with van der Waals surface area (Å²) in [5.41, 5.74) is 2.57. The van der Waals surface area contributed by atoms with E-state index in [1.54, 1.807) is 12.3 Å². The lowest BCUT2D eigenvalue weighted by atomic mass is 10.2. The first-order chi connectivity index (χ1) is 6.74. The fourth-order valence-corrected chi connectivity index (χ4v) is 2.33. The highest BCUT2D eigenvalue weighted by atomic mass is 32.1. The van der Waals surface area contributed by atoms with Crippen molar-refractivity contribution in [2.45, 2.75) is 6.92 Å². The molecule has 2 rings (SSSR count). The van der Waals surface area contributed by atoms with E-state index in [9.17, 15) is 4.79 Å². The van der Waals surface area contributed by atoms with E-state index < -0.39 is 0 Å². The lowest BCUT2D eigenvalue weighted by Gasteiger charge is -1.99. The first kappa shape index (κ1) is 9.15. The van der Waals surface area contributed by atoms with Crippen molar-refractivity contribution in [3.8, 4) is 0 Å². The number of pyridine rings is 1. The number of carbonyl (C=O) groups excluding carboxylic acids is 1. The summed E-state index contributed by atoms with van der Waals surface area (Å²) >= 11 is 1.52. The molecule has 0 aliphatic carbocycles. The first-order valence-electron chi connectivity index (χ1n) is 4.15. The maximum absolute atomic E-state index is 11.4. The van der Waals surface area contributed by atoms with Crippen LogP contribution in [0.5, 0.6) is 0 Å². The van der Waals surface area contributed by atoms with Crippen molar-refractivity contribution in [1.82, 2.24) is 4.98 Å². The molecule has 72 valence electrons. The Hall–Kier alpha value is -1.42. The van der Waals surface area contributed by atoms with Crippen LogP contribution in [-0.2, 0) is 4.74 Å². The monoisotopic (exact) mass is 207 g/mol. The lowest BCUT2D eigenvalue weighted by molar-refractivity contribution is 0.0603. The van der Waals surface area contributed by atoms with Gasteiger partial charge in [-0.05, 0) is 23.9 Å². The van der Waals surface area contributed by atoms with Crippen molar-refractivity contribution < 1.29 is 9.53 Å². The van der Waals surface area contributed by atoms with E-state index in [2.05, 4.69) is 4.98 Å². The number of carbonyl (C=O) groups is 1. The molecule has 0 bridgehead atoms. The van der Waals surface area contributed by atoms with Gasteiger partial charge in [0.25, 0.3) is 0 Å². The van der Waals surface area contributed by atoms with Crippen LogP contribution < -0.4 is 0 Å². The van der Waals surface area contributed by atoms with Gasteiger partial charge in [0.15, 0.2) is 0 Å². The number of nitrogens with zero attached hydrogens (tertiary/aromatic N) is 1. The van der Waals surface area contributed by atoms with Crippen molar-refractivity contribution in [3.05, 3.63) is 28.8 Å². The van der Waals surface area contributed by atoms with Crippen LogP contribution in [0.2, 0.25) is 0 Å². The Balaban J connectivity index is 2.71. The molecule has 0 spiro atoms. The molecule has 0 saturated carbocycles. The normalized spacial score (nSPS) is 10.4. The van der Waals surface area contributed by atoms with Gasteiger partial charge in [0, 0.05) is 6.20 Å². The van der Waals surface area contributed by atoms with Crippen molar-refractivity contribution in [1.29, 1.82) is 0 Å². The summed E-state index contributed by atoms with van der Waals surface area (Å²) < 4.78 is 5.59. The van der Waals surface area contributed by atoms with Crippen molar-refractivity contribution >= 4 is 27.5 Å². The molecule has 0 unspecified atom stereocenters. The minimum atomic E-state index is -0.306. The van der Waals surface area contributed by atoms with E-state index >= 15 is 0 Å². The number of fused-ring (bicyclic) bond motifs is 1. The van der Waals surface area contributed by atoms with Gasteiger partial charge >= 0.3 is 5.97 Å². The molecule has 0 fully saturated rings. The number of aromatic nitrogens is 1. The fourth-order valence-electron chi connectivity index (χ4n) is 1.32. The van der Waals surface area contributed by atoms with Crippen LogP contribution in [0.15, 0.2) is 17.6 Å². The predicted molar refractivity (Wildman–Crippen MR) is 55.7 cm³/mol. The zero-order valence-corrected chi connectivity index (χ0v) is 8.72. The van der Waals surface area contributed by atoms with E-state index in [-0.39, 0.29) is 5.97 Å². The Morgan fingerprint density at radius 2 is 2.36 bits per heavy atom. The van der Waals surface area contributed by atoms with Crippen molar-refractivity contribution in [2.75, 3.05) is 7.11 Å². The Bertz CT molecular complexity index is 490. The summed E-state index contributed by atoms with van der Waals surface area (Å²) in [4.78, 5) is 15.6. The summed E-state index contributed by atoms with van der Waals surface area (Å²) in [6.07, 6.45) is 1.63. The minimum Gasteiger partial charge on any atom is -0.465 e. The van der Waals surface area contributed by atoms with Crippen LogP contribution in [0.4, 0.5) is 0 Å². The average molecular weight is 207 g/mol. The Kier molecular flexibility index (Phi) is 2.21. The number of ether oxygens (including phenoxy) is 1. The topological polar surface area (TPSA) is 39.2 Å². The van der Waals surface area contributed by atoms with Crippen molar-refractivity contribution in [2.24, 2.45) is 0 Å². The Labute approximate surface area is 85.3 Å². The lowest BCUT2D eigenvalue weighted by Crippen LogP contribution is -2.01. The van der Waals surface area contributed by atoms with Crippen LogP contribution in [-0.4, -0.2) is 18.1 Å². The number of rotatable bonds is 1.